The second-order valence-corrected chi connectivity index (χ2v) is 9.47. The predicted molar refractivity (Wildman–Crippen MR) is 110 cm³/mol. The van der Waals surface area contributed by atoms with E-state index < -0.39 is 10.0 Å². The lowest BCUT2D eigenvalue weighted by molar-refractivity contribution is 0.380. The monoisotopic (exact) mass is 426 g/mol. The summed E-state index contributed by atoms with van der Waals surface area (Å²) in [5, 5.41) is 3.72. The van der Waals surface area contributed by atoms with Crippen LogP contribution in [0.4, 0.5) is 5.82 Å². The normalized spacial score (nSPS) is 17.3. The molecule has 0 unspecified atom stereocenters. The van der Waals surface area contributed by atoms with Gasteiger partial charge in [0, 0.05) is 49.7 Å². The smallest absolute Gasteiger partial charge is 0.220 e. The van der Waals surface area contributed by atoms with Gasteiger partial charge in [0.05, 0.1) is 5.69 Å². The van der Waals surface area contributed by atoms with Crippen LogP contribution in [0.15, 0.2) is 41.2 Å². The molecule has 1 aliphatic heterocycles. The van der Waals surface area contributed by atoms with E-state index in [0.717, 1.165) is 36.5 Å². The van der Waals surface area contributed by atoms with E-state index in [-0.39, 0.29) is 5.75 Å². The molecule has 1 fully saturated rings. The molecule has 0 atom stereocenters. The first-order valence-electron chi connectivity index (χ1n) is 10.0. The summed E-state index contributed by atoms with van der Waals surface area (Å²) >= 11 is 0. The van der Waals surface area contributed by atoms with Gasteiger partial charge in [-0.2, -0.15) is 4.31 Å². The van der Waals surface area contributed by atoms with E-state index in [1.807, 2.05) is 18.2 Å². The highest BCUT2D eigenvalue weighted by molar-refractivity contribution is 7.88. The fourth-order valence-corrected chi connectivity index (χ4v) is 5.48. The number of pyridine rings is 1. The maximum absolute atomic E-state index is 12.7. The maximum Gasteiger partial charge on any atom is 0.220 e. The standard InChI is InChI=1S/C20H22N6O3S/c27-30(28,14-15-7-13-29-24-15)26-11-9-25(10-12-26)20-16-4-3-6-17(16)22-19(23-20)18-5-1-2-8-21-18/h1-2,5,7-8,13H,3-4,6,9-12,14H2. The van der Waals surface area contributed by atoms with Gasteiger partial charge in [-0.3, -0.25) is 4.98 Å². The molecular formula is C20H22N6O3S. The van der Waals surface area contributed by atoms with Crippen molar-refractivity contribution in [2.24, 2.45) is 0 Å². The Bertz CT molecular complexity index is 1130. The lowest BCUT2D eigenvalue weighted by Crippen LogP contribution is -2.49. The summed E-state index contributed by atoms with van der Waals surface area (Å²) in [6.07, 6.45) is 6.09. The van der Waals surface area contributed by atoms with Crippen LogP contribution in [0.2, 0.25) is 0 Å². The molecule has 1 saturated heterocycles. The first kappa shape index (κ1) is 19.1. The molecule has 0 saturated carbocycles. The zero-order chi connectivity index (χ0) is 20.6. The highest BCUT2D eigenvalue weighted by atomic mass is 32.2. The number of hydrogen-bond acceptors (Lipinski definition) is 8. The first-order chi connectivity index (χ1) is 14.6. The van der Waals surface area contributed by atoms with Gasteiger partial charge in [0.25, 0.3) is 0 Å². The average molecular weight is 427 g/mol. The lowest BCUT2D eigenvalue weighted by atomic mass is 10.2. The number of aromatic nitrogens is 4. The van der Waals surface area contributed by atoms with E-state index in [1.165, 1.54) is 16.1 Å². The van der Waals surface area contributed by atoms with E-state index in [1.54, 1.807) is 12.3 Å². The molecule has 0 aromatic carbocycles. The number of nitrogens with zero attached hydrogens (tertiary/aromatic N) is 6. The third-order valence-corrected chi connectivity index (χ3v) is 7.37. The van der Waals surface area contributed by atoms with Crippen LogP contribution in [0, 0.1) is 0 Å². The summed E-state index contributed by atoms with van der Waals surface area (Å²) in [4.78, 5) is 16.2. The molecule has 1 aliphatic carbocycles. The number of aryl methyl sites for hydroxylation is 1. The molecule has 3 aromatic heterocycles. The molecule has 0 bridgehead atoms. The molecule has 5 rings (SSSR count). The van der Waals surface area contributed by atoms with E-state index in [9.17, 15) is 8.42 Å². The van der Waals surface area contributed by atoms with E-state index in [4.69, 9.17) is 14.5 Å². The quantitative estimate of drug-likeness (QED) is 0.607. The van der Waals surface area contributed by atoms with Crippen molar-refractivity contribution in [2.75, 3.05) is 31.1 Å². The molecule has 2 aliphatic rings. The Kier molecular flexibility index (Phi) is 4.95. The van der Waals surface area contributed by atoms with Crippen LogP contribution in [0.5, 0.6) is 0 Å². The van der Waals surface area contributed by atoms with Crippen molar-refractivity contribution in [1.82, 2.24) is 24.4 Å². The Balaban J connectivity index is 1.37. The van der Waals surface area contributed by atoms with Crippen LogP contribution in [-0.2, 0) is 28.6 Å². The summed E-state index contributed by atoms with van der Waals surface area (Å²) < 4.78 is 31.7. The largest absolute Gasteiger partial charge is 0.364 e. The molecule has 9 nitrogen and oxygen atoms in total. The minimum absolute atomic E-state index is 0.143. The van der Waals surface area contributed by atoms with Crippen molar-refractivity contribution >= 4 is 15.8 Å². The second kappa shape index (κ2) is 7.77. The zero-order valence-electron chi connectivity index (χ0n) is 16.4. The maximum atomic E-state index is 12.7. The zero-order valence-corrected chi connectivity index (χ0v) is 17.3. The van der Waals surface area contributed by atoms with Crippen molar-refractivity contribution in [3.63, 3.8) is 0 Å². The summed E-state index contributed by atoms with van der Waals surface area (Å²) in [5.74, 6) is 1.41. The Hall–Kier alpha value is -2.85. The van der Waals surface area contributed by atoms with Crippen molar-refractivity contribution in [3.8, 4) is 11.5 Å². The van der Waals surface area contributed by atoms with Gasteiger partial charge in [-0.1, -0.05) is 11.2 Å². The third-order valence-electron chi connectivity index (χ3n) is 5.56. The lowest BCUT2D eigenvalue weighted by Gasteiger charge is -2.35. The Labute approximate surface area is 174 Å². The minimum Gasteiger partial charge on any atom is -0.364 e. The molecular weight excluding hydrogens is 404 g/mol. The summed E-state index contributed by atoms with van der Waals surface area (Å²) in [7, 11) is -3.43. The Morgan fingerprint density at radius 2 is 1.90 bits per heavy atom. The highest BCUT2D eigenvalue weighted by Gasteiger charge is 2.31. The number of rotatable bonds is 5. The van der Waals surface area contributed by atoms with Crippen LogP contribution < -0.4 is 4.90 Å². The second-order valence-electron chi connectivity index (χ2n) is 7.50. The van der Waals surface area contributed by atoms with Gasteiger partial charge >= 0.3 is 0 Å². The number of anilines is 1. The van der Waals surface area contributed by atoms with E-state index >= 15 is 0 Å². The number of fused-ring (bicyclic) bond motifs is 1. The van der Waals surface area contributed by atoms with Gasteiger partial charge in [0.1, 0.15) is 23.5 Å². The van der Waals surface area contributed by atoms with Crippen molar-refractivity contribution in [1.29, 1.82) is 0 Å². The van der Waals surface area contributed by atoms with Crippen molar-refractivity contribution < 1.29 is 12.9 Å². The summed E-state index contributed by atoms with van der Waals surface area (Å²) in [5.41, 5.74) is 3.45. The average Bonchev–Trinajstić information content (AvgIpc) is 3.45. The summed E-state index contributed by atoms with van der Waals surface area (Å²) in [6, 6.07) is 7.29. The molecule has 30 heavy (non-hydrogen) atoms. The highest BCUT2D eigenvalue weighted by Crippen LogP contribution is 2.31. The molecule has 0 amide bonds. The third kappa shape index (κ3) is 3.68. The van der Waals surface area contributed by atoms with Gasteiger partial charge in [-0.25, -0.2) is 18.4 Å². The van der Waals surface area contributed by atoms with Gasteiger partial charge in [-0.05, 0) is 31.4 Å². The van der Waals surface area contributed by atoms with Crippen LogP contribution in [-0.4, -0.2) is 59.0 Å². The van der Waals surface area contributed by atoms with Crippen molar-refractivity contribution in [2.45, 2.75) is 25.0 Å². The predicted octanol–water partition coefficient (Wildman–Crippen LogP) is 1.67. The fraction of sp³-hybridized carbons (Fsp3) is 0.400. The van der Waals surface area contributed by atoms with Gasteiger partial charge in [0.2, 0.25) is 10.0 Å². The van der Waals surface area contributed by atoms with E-state index in [0.29, 0.717) is 37.7 Å². The van der Waals surface area contributed by atoms with Crippen LogP contribution >= 0.6 is 0 Å². The molecule has 156 valence electrons. The molecule has 0 radical (unpaired) electrons. The molecule has 3 aromatic rings. The molecule has 10 heteroatoms. The molecule has 0 spiro atoms. The van der Waals surface area contributed by atoms with Crippen molar-refractivity contribution in [3.05, 3.63) is 53.7 Å². The van der Waals surface area contributed by atoms with Crippen LogP contribution in [0.1, 0.15) is 23.4 Å². The Morgan fingerprint density at radius 3 is 2.63 bits per heavy atom. The van der Waals surface area contributed by atoms with Gasteiger partial charge < -0.3 is 9.42 Å². The number of sulfonamides is 1. The minimum atomic E-state index is -3.43. The summed E-state index contributed by atoms with van der Waals surface area (Å²) in [6.45, 7) is 2.00. The number of piperazine rings is 1. The van der Waals surface area contributed by atoms with Gasteiger partial charge in [0.15, 0.2) is 5.82 Å². The Morgan fingerprint density at radius 1 is 1.03 bits per heavy atom. The SMILES string of the molecule is O=S(=O)(Cc1ccon1)N1CCN(c2nc(-c3ccccn3)nc3c2CCC3)CC1. The topological polar surface area (TPSA) is 105 Å². The van der Waals surface area contributed by atoms with Gasteiger partial charge in [-0.15, -0.1) is 0 Å². The first-order valence-corrected chi connectivity index (χ1v) is 11.6. The number of hydrogen-bond donors (Lipinski definition) is 0. The van der Waals surface area contributed by atoms with Crippen LogP contribution in [0.3, 0.4) is 0 Å². The molecule has 0 N–H and O–H groups in total. The fourth-order valence-electron chi connectivity index (χ4n) is 4.05. The molecule has 4 heterocycles. The van der Waals surface area contributed by atoms with Crippen LogP contribution in [0.25, 0.3) is 11.5 Å². The van der Waals surface area contributed by atoms with E-state index in [2.05, 4.69) is 15.0 Å².